The lowest BCUT2D eigenvalue weighted by Gasteiger charge is -2.26. The minimum Gasteiger partial charge on any atom is -0.351 e. The fourth-order valence-electron chi connectivity index (χ4n) is 2.52. The highest BCUT2D eigenvalue weighted by Crippen LogP contribution is 2.33. The van der Waals surface area contributed by atoms with Crippen LogP contribution < -0.4 is 10.2 Å². The molecule has 3 nitrogen and oxygen atoms in total. The van der Waals surface area contributed by atoms with E-state index in [4.69, 9.17) is 4.98 Å². The first-order valence-electron chi connectivity index (χ1n) is 8.24. The molecular weight excluding hydrogens is 278 g/mol. The van der Waals surface area contributed by atoms with Crippen molar-refractivity contribution in [2.75, 3.05) is 18.5 Å². The first kappa shape index (κ1) is 16.8. The molecule has 1 aliphatic rings. The number of hydrogen-bond acceptors (Lipinski definition) is 4. The average molecular weight is 310 g/mol. The van der Waals surface area contributed by atoms with E-state index in [9.17, 15) is 0 Å². The molecule has 0 bridgehead atoms. The monoisotopic (exact) mass is 309 g/mol. The van der Waals surface area contributed by atoms with Crippen molar-refractivity contribution < 1.29 is 0 Å². The lowest BCUT2D eigenvalue weighted by atomic mass is 9.96. The minimum atomic E-state index is 0.295. The molecule has 120 valence electrons. The Morgan fingerprint density at radius 2 is 2.05 bits per heavy atom. The summed E-state index contributed by atoms with van der Waals surface area (Å²) in [5.41, 5.74) is 1.61. The zero-order valence-corrected chi connectivity index (χ0v) is 15.3. The quantitative estimate of drug-likeness (QED) is 0.809. The molecule has 21 heavy (non-hydrogen) atoms. The van der Waals surface area contributed by atoms with Crippen molar-refractivity contribution in [3.8, 4) is 0 Å². The zero-order chi connectivity index (χ0) is 15.6. The summed E-state index contributed by atoms with van der Waals surface area (Å²) in [7, 11) is 2.17. The number of nitrogens with zero attached hydrogens (tertiary/aromatic N) is 2. The van der Waals surface area contributed by atoms with Gasteiger partial charge in [-0.3, -0.25) is 0 Å². The second-order valence-electron chi connectivity index (χ2n) is 7.69. The highest BCUT2D eigenvalue weighted by Gasteiger charge is 2.24. The number of thiazole rings is 1. The standard InChI is InChI=1S/C17H31N3S/c1-7-12(2)15-14(10-18-13-8-9-13)21-16(19-15)20(6)11-17(3,4)5/h12-13,18H,7-11H2,1-6H3. The molecule has 1 aromatic heterocycles. The lowest BCUT2D eigenvalue weighted by Crippen LogP contribution is -2.28. The van der Waals surface area contributed by atoms with Crippen LogP contribution in [-0.2, 0) is 6.54 Å². The van der Waals surface area contributed by atoms with Gasteiger partial charge in [-0.15, -0.1) is 11.3 Å². The first-order chi connectivity index (χ1) is 9.80. The van der Waals surface area contributed by atoms with Crippen LogP contribution in [0.5, 0.6) is 0 Å². The summed E-state index contributed by atoms with van der Waals surface area (Å²) < 4.78 is 0. The van der Waals surface area contributed by atoms with Crippen LogP contribution in [0.3, 0.4) is 0 Å². The Bertz CT molecular complexity index is 457. The minimum absolute atomic E-state index is 0.295. The van der Waals surface area contributed by atoms with Crippen molar-refractivity contribution >= 4 is 16.5 Å². The molecule has 1 saturated carbocycles. The van der Waals surface area contributed by atoms with Crippen LogP contribution in [0.1, 0.15) is 70.4 Å². The molecule has 0 amide bonds. The van der Waals surface area contributed by atoms with E-state index in [2.05, 4.69) is 51.9 Å². The van der Waals surface area contributed by atoms with Crippen molar-refractivity contribution in [1.29, 1.82) is 0 Å². The number of aromatic nitrogens is 1. The fraction of sp³-hybridized carbons (Fsp3) is 0.824. The maximum Gasteiger partial charge on any atom is 0.185 e. The van der Waals surface area contributed by atoms with Gasteiger partial charge in [0, 0.05) is 31.1 Å². The molecule has 0 spiro atoms. The van der Waals surface area contributed by atoms with Crippen molar-refractivity contribution in [3.05, 3.63) is 10.6 Å². The summed E-state index contributed by atoms with van der Waals surface area (Å²) in [4.78, 5) is 8.72. The number of hydrogen-bond donors (Lipinski definition) is 1. The SMILES string of the molecule is CCC(C)c1nc(N(C)CC(C)(C)C)sc1CNC1CC1. The fourth-order valence-corrected chi connectivity index (χ4v) is 3.61. The molecule has 0 radical (unpaired) electrons. The van der Waals surface area contributed by atoms with Gasteiger partial charge >= 0.3 is 0 Å². The zero-order valence-electron chi connectivity index (χ0n) is 14.5. The van der Waals surface area contributed by atoms with Crippen LogP contribution >= 0.6 is 11.3 Å². The summed E-state index contributed by atoms with van der Waals surface area (Å²) in [6.45, 7) is 13.4. The Morgan fingerprint density at radius 1 is 1.38 bits per heavy atom. The van der Waals surface area contributed by atoms with Gasteiger partial charge in [-0.05, 0) is 30.6 Å². The van der Waals surface area contributed by atoms with E-state index in [1.807, 2.05) is 11.3 Å². The Hall–Kier alpha value is -0.610. The molecular formula is C17H31N3S. The van der Waals surface area contributed by atoms with Crippen molar-refractivity contribution in [2.45, 2.75) is 72.4 Å². The topological polar surface area (TPSA) is 28.2 Å². The van der Waals surface area contributed by atoms with E-state index in [-0.39, 0.29) is 0 Å². The van der Waals surface area contributed by atoms with E-state index < -0.39 is 0 Å². The second kappa shape index (κ2) is 6.66. The average Bonchev–Trinajstić information content (AvgIpc) is 3.11. The third-order valence-electron chi connectivity index (χ3n) is 3.96. The summed E-state index contributed by atoms with van der Waals surface area (Å²) >= 11 is 1.87. The van der Waals surface area contributed by atoms with Crippen LogP contribution in [0.2, 0.25) is 0 Å². The van der Waals surface area contributed by atoms with E-state index in [0.717, 1.165) is 25.6 Å². The first-order valence-corrected chi connectivity index (χ1v) is 9.06. The molecule has 1 aliphatic carbocycles. The maximum absolute atomic E-state index is 4.97. The van der Waals surface area contributed by atoms with Gasteiger partial charge in [0.15, 0.2) is 5.13 Å². The van der Waals surface area contributed by atoms with Crippen LogP contribution in [0, 0.1) is 5.41 Å². The summed E-state index contributed by atoms with van der Waals surface area (Å²) in [6, 6.07) is 0.757. The molecule has 4 heteroatoms. The third-order valence-corrected chi connectivity index (χ3v) is 5.15. The molecule has 1 aromatic rings. The molecule has 1 atom stereocenters. The Kier molecular flexibility index (Phi) is 5.31. The van der Waals surface area contributed by atoms with Crippen molar-refractivity contribution in [2.24, 2.45) is 5.41 Å². The Morgan fingerprint density at radius 3 is 2.57 bits per heavy atom. The molecule has 0 saturated heterocycles. The Balaban J connectivity index is 2.13. The molecule has 1 fully saturated rings. The molecule has 1 unspecified atom stereocenters. The van der Waals surface area contributed by atoms with Crippen LogP contribution in [0.25, 0.3) is 0 Å². The summed E-state index contributed by atoms with van der Waals surface area (Å²) in [6.07, 6.45) is 3.84. The van der Waals surface area contributed by atoms with Gasteiger partial charge < -0.3 is 10.2 Å². The van der Waals surface area contributed by atoms with E-state index in [0.29, 0.717) is 11.3 Å². The predicted molar refractivity (Wildman–Crippen MR) is 93.4 cm³/mol. The summed E-state index contributed by atoms with van der Waals surface area (Å²) in [5.74, 6) is 0.550. The highest BCUT2D eigenvalue weighted by molar-refractivity contribution is 7.15. The number of rotatable bonds is 7. The predicted octanol–water partition coefficient (Wildman–Crippen LogP) is 4.39. The van der Waals surface area contributed by atoms with Crippen LogP contribution in [0.15, 0.2) is 0 Å². The smallest absolute Gasteiger partial charge is 0.185 e. The van der Waals surface area contributed by atoms with Crippen molar-refractivity contribution in [3.63, 3.8) is 0 Å². The van der Waals surface area contributed by atoms with Crippen molar-refractivity contribution in [1.82, 2.24) is 10.3 Å². The van der Waals surface area contributed by atoms with Crippen LogP contribution in [-0.4, -0.2) is 24.6 Å². The largest absolute Gasteiger partial charge is 0.351 e. The molecule has 1 heterocycles. The number of anilines is 1. The summed E-state index contributed by atoms with van der Waals surface area (Å²) in [5, 5.41) is 4.82. The Labute approximate surface area is 134 Å². The van der Waals surface area contributed by atoms with Gasteiger partial charge in [-0.25, -0.2) is 4.98 Å². The lowest BCUT2D eigenvalue weighted by molar-refractivity contribution is 0.418. The van der Waals surface area contributed by atoms with E-state index >= 15 is 0 Å². The maximum atomic E-state index is 4.97. The van der Waals surface area contributed by atoms with Gasteiger partial charge in [0.25, 0.3) is 0 Å². The normalized spacial score (nSPS) is 17.0. The number of nitrogens with one attached hydrogen (secondary N) is 1. The third kappa shape index (κ3) is 4.96. The molecule has 0 aliphatic heterocycles. The van der Waals surface area contributed by atoms with Gasteiger partial charge in [0.2, 0.25) is 0 Å². The second-order valence-corrected chi connectivity index (χ2v) is 8.75. The van der Waals surface area contributed by atoms with Crippen LogP contribution in [0.4, 0.5) is 5.13 Å². The molecule has 2 rings (SSSR count). The van der Waals surface area contributed by atoms with E-state index in [1.54, 1.807) is 0 Å². The van der Waals surface area contributed by atoms with Gasteiger partial charge in [-0.2, -0.15) is 0 Å². The molecule has 0 aromatic carbocycles. The highest BCUT2D eigenvalue weighted by atomic mass is 32.1. The van der Waals surface area contributed by atoms with Gasteiger partial charge in [0.05, 0.1) is 5.69 Å². The van der Waals surface area contributed by atoms with Gasteiger partial charge in [-0.1, -0.05) is 34.6 Å². The molecule has 1 N–H and O–H groups in total. The van der Waals surface area contributed by atoms with Gasteiger partial charge in [0.1, 0.15) is 0 Å². The van der Waals surface area contributed by atoms with E-state index in [1.165, 1.54) is 28.5 Å².